The summed E-state index contributed by atoms with van der Waals surface area (Å²) in [5, 5.41) is 125. The van der Waals surface area contributed by atoms with Crippen LogP contribution in [0.5, 0.6) is 0 Å². The van der Waals surface area contributed by atoms with Crippen molar-refractivity contribution < 1.29 is 250 Å². The standard InChI is InChI=1S/3C10H16N2O8.4Y/c3*13-7(14)3-11(4-8(15)16)1-2-12(5-9(17)18)6-10(19)20;;;;/h3*1-6H2,(H,13,14)(H,15,16)(H,17,18)(H,19,20);;;;/q;;;4*+3/p-12. The molecular weight excluding hydrogens is 1180 g/mol. The molecule has 0 saturated carbocycles. The summed E-state index contributed by atoms with van der Waals surface area (Å²) in [6.45, 7) is -9.75. The minimum atomic E-state index is -1.53. The van der Waals surface area contributed by atoms with Crippen molar-refractivity contribution in [3.8, 4) is 0 Å². The molecule has 0 spiro atoms. The van der Waals surface area contributed by atoms with Crippen LogP contribution in [0.3, 0.4) is 0 Å². The van der Waals surface area contributed by atoms with E-state index >= 15 is 0 Å². The van der Waals surface area contributed by atoms with Gasteiger partial charge in [-0.3, -0.25) is 29.4 Å². The van der Waals surface area contributed by atoms with E-state index in [9.17, 15) is 119 Å². The molecule has 64 heavy (non-hydrogen) atoms. The van der Waals surface area contributed by atoms with Crippen molar-refractivity contribution in [2.24, 2.45) is 0 Å². The molecule has 0 rings (SSSR count). The molecule has 0 atom stereocenters. The first kappa shape index (κ1) is 76.1. The molecule has 0 saturated heterocycles. The molecule has 0 aromatic rings. The number of carbonyl (C=O) groups is 12. The van der Waals surface area contributed by atoms with E-state index in [0.717, 1.165) is 29.4 Å². The van der Waals surface area contributed by atoms with Gasteiger partial charge in [0.25, 0.3) is 0 Å². The summed E-state index contributed by atoms with van der Waals surface area (Å²) in [6, 6.07) is 0. The number of carbonyl (C=O) groups excluding carboxylic acids is 12. The molecular formula is C30H36N6O24Y4. The minimum absolute atomic E-state index is 0. The van der Waals surface area contributed by atoms with E-state index in [-0.39, 0.29) is 170 Å². The molecule has 0 N–H and O–H groups in total. The summed E-state index contributed by atoms with van der Waals surface area (Å²) in [6.07, 6.45) is 0. The zero-order chi connectivity index (χ0) is 47.1. The minimum Gasteiger partial charge on any atom is -0.549 e. The van der Waals surface area contributed by atoms with E-state index in [2.05, 4.69) is 0 Å². The van der Waals surface area contributed by atoms with Crippen LogP contribution >= 0.6 is 0 Å². The van der Waals surface area contributed by atoms with Gasteiger partial charge in [0.2, 0.25) is 0 Å². The Hall–Kier alpha value is -2.18. The molecule has 342 valence electrons. The van der Waals surface area contributed by atoms with Gasteiger partial charge in [0.15, 0.2) is 0 Å². The van der Waals surface area contributed by atoms with Crippen LogP contribution in [0.15, 0.2) is 0 Å². The summed E-state index contributed by atoms with van der Waals surface area (Å²) in [5.74, 6) is -18.4. The Labute approximate surface area is 463 Å². The van der Waals surface area contributed by atoms with Gasteiger partial charge >= 0.3 is 131 Å². The third kappa shape index (κ3) is 55.9. The summed E-state index contributed by atoms with van der Waals surface area (Å²) in [7, 11) is 0. The summed E-state index contributed by atoms with van der Waals surface area (Å²) >= 11 is 0. The topological polar surface area (TPSA) is 501 Å². The molecule has 0 aliphatic rings. The Morgan fingerprint density at radius 2 is 0.250 bits per heavy atom. The second-order valence-electron chi connectivity index (χ2n) is 11.7. The Kier molecular flexibility index (Phi) is 53.1. The van der Waals surface area contributed by atoms with Gasteiger partial charge in [0, 0.05) is 118 Å². The zero-order valence-electron chi connectivity index (χ0n) is 33.5. The van der Waals surface area contributed by atoms with Crippen molar-refractivity contribution in [2.75, 3.05) is 118 Å². The first-order chi connectivity index (χ1) is 27.6. The zero-order valence-corrected chi connectivity index (χ0v) is 44.9. The van der Waals surface area contributed by atoms with Gasteiger partial charge in [-0.1, -0.05) is 0 Å². The van der Waals surface area contributed by atoms with E-state index < -0.39 is 150 Å². The van der Waals surface area contributed by atoms with Crippen molar-refractivity contribution in [3.63, 3.8) is 0 Å². The van der Waals surface area contributed by atoms with Gasteiger partial charge in [-0.15, -0.1) is 0 Å². The van der Waals surface area contributed by atoms with Crippen molar-refractivity contribution in [2.45, 2.75) is 0 Å². The maximum atomic E-state index is 10.4. The van der Waals surface area contributed by atoms with Gasteiger partial charge in [0.1, 0.15) is 0 Å². The monoisotopic (exact) mass is 1220 g/mol. The van der Waals surface area contributed by atoms with Gasteiger partial charge in [-0.2, -0.15) is 0 Å². The van der Waals surface area contributed by atoms with Crippen molar-refractivity contribution in [1.82, 2.24) is 29.4 Å². The number of carboxylic acid groups (broad SMARTS) is 12. The third-order valence-corrected chi connectivity index (χ3v) is 6.43. The fourth-order valence-electron chi connectivity index (χ4n) is 4.32. The van der Waals surface area contributed by atoms with Gasteiger partial charge in [0.05, 0.1) is 71.6 Å². The molecule has 0 heterocycles. The van der Waals surface area contributed by atoms with E-state index in [1.54, 1.807) is 0 Å². The van der Waals surface area contributed by atoms with Crippen molar-refractivity contribution >= 4 is 71.6 Å². The summed E-state index contributed by atoms with van der Waals surface area (Å²) < 4.78 is 0. The Balaban J connectivity index is -0.000000148. The maximum Gasteiger partial charge on any atom is 3.00 e. The van der Waals surface area contributed by atoms with Crippen LogP contribution in [0.4, 0.5) is 0 Å². The summed E-state index contributed by atoms with van der Waals surface area (Å²) in [4.78, 5) is 130. The quantitative estimate of drug-likeness (QED) is 0.0589. The van der Waals surface area contributed by atoms with Crippen LogP contribution in [-0.2, 0) is 188 Å². The molecule has 0 aliphatic carbocycles. The first-order valence-corrected chi connectivity index (χ1v) is 16.3. The fourth-order valence-corrected chi connectivity index (χ4v) is 4.32. The second-order valence-corrected chi connectivity index (χ2v) is 11.7. The normalized spacial score (nSPS) is 10.0. The van der Waals surface area contributed by atoms with Crippen molar-refractivity contribution in [1.29, 1.82) is 0 Å². The second kappa shape index (κ2) is 44.6. The fraction of sp³-hybridized carbons (Fsp3) is 0.600. The number of hydrogen-bond acceptors (Lipinski definition) is 30. The molecule has 0 radical (unpaired) electrons. The number of nitrogens with zero attached hydrogens (tertiary/aromatic N) is 6. The van der Waals surface area contributed by atoms with Crippen LogP contribution in [0.1, 0.15) is 0 Å². The number of rotatable bonds is 33. The Morgan fingerprint density at radius 3 is 0.297 bits per heavy atom. The Bertz CT molecular complexity index is 1140. The molecule has 0 bridgehead atoms. The predicted molar refractivity (Wildman–Crippen MR) is 159 cm³/mol. The van der Waals surface area contributed by atoms with Crippen LogP contribution in [0.25, 0.3) is 0 Å². The molecule has 34 heteroatoms. The molecule has 30 nitrogen and oxygen atoms in total. The smallest absolute Gasteiger partial charge is 0.549 e. The van der Waals surface area contributed by atoms with E-state index in [1.165, 1.54) is 0 Å². The van der Waals surface area contributed by atoms with Crippen LogP contribution in [0.2, 0.25) is 0 Å². The van der Waals surface area contributed by atoms with Gasteiger partial charge in [-0.05, 0) is 0 Å². The average molecular weight is 1220 g/mol. The first-order valence-electron chi connectivity index (χ1n) is 16.3. The van der Waals surface area contributed by atoms with Crippen LogP contribution in [0, 0.1) is 0 Å². The van der Waals surface area contributed by atoms with Gasteiger partial charge < -0.3 is 119 Å². The maximum absolute atomic E-state index is 10.4. The van der Waals surface area contributed by atoms with Crippen LogP contribution in [-0.4, -0.2) is 219 Å². The SMILES string of the molecule is O=C([O-])CN(CCN(CC(=O)[O-])CC(=O)[O-])CC(=O)[O-].O=C([O-])CN(CCN(CC(=O)[O-])CC(=O)[O-])CC(=O)[O-].O=C([O-])CN(CCN(CC(=O)[O-])CC(=O)[O-])CC(=O)[O-].[Y+3].[Y+3].[Y+3].[Y+3]. The largest absolute Gasteiger partial charge is 3.00 e. The van der Waals surface area contributed by atoms with Gasteiger partial charge in [-0.25, -0.2) is 0 Å². The molecule has 0 aromatic carbocycles. The molecule has 0 aromatic heterocycles. The average Bonchev–Trinajstić information content (AvgIpc) is 3.02. The summed E-state index contributed by atoms with van der Waals surface area (Å²) in [5.41, 5.74) is 0. The molecule has 0 unspecified atom stereocenters. The number of carboxylic acids is 12. The van der Waals surface area contributed by atoms with E-state index in [4.69, 9.17) is 0 Å². The number of hydrogen-bond donors (Lipinski definition) is 0. The molecule has 0 amide bonds. The van der Waals surface area contributed by atoms with Crippen LogP contribution < -0.4 is 61.3 Å². The van der Waals surface area contributed by atoms with E-state index in [0.29, 0.717) is 0 Å². The molecule has 0 aliphatic heterocycles. The molecule has 0 fully saturated rings. The Morgan fingerprint density at radius 1 is 0.188 bits per heavy atom. The third-order valence-electron chi connectivity index (χ3n) is 6.43. The van der Waals surface area contributed by atoms with E-state index in [1.807, 2.05) is 0 Å². The number of aliphatic carboxylic acids is 12. The van der Waals surface area contributed by atoms with Crippen molar-refractivity contribution in [3.05, 3.63) is 0 Å². The predicted octanol–water partition coefficient (Wildman–Crippen LogP) is -22.2.